The Bertz CT molecular complexity index is 853. The number of thiophene rings is 1. The van der Waals surface area contributed by atoms with Gasteiger partial charge in [-0.15, -0.1) is 11.3 Å². The Balaban J connectivity index is 1.57. The van der Waals surface area contributed by atoms with Crippen LogP contribution in [0.4, 0.5) is 5.69 Å². The molecule has 4 rings (SSSR count). The molecule has 0 radical (unpaired) electrons. The van der Waals surface area contributed by atoms with Gasteiger partial charge in [0.2, 0.25) is 5.91 Å². The number of aromatic nitrogens is 1. The van der Waals surface area contributed by atoms with E-state index in [1.807, 2.05) is 47.8 Å². The molecule has 1 N–H and O–H groups in total. The zero-order valence-electron chi connectivity index (χ0n) is 12.1. The SMILES string of the molecule is O=C(Nc1cccc(Br)c1)C1(c2cc(-c3cccs3)on2)CC1. The minimum absolute atomic E-state index is 0.0263. The highest BCUT2D eigenvalue weighted by atomic mass is 79.9. The van der Waals surface area contributed by atoms with Crippen molar-refractivity contribution in [1.29, 1.82) is 0 Å². The molecule has 0 spiro atoms. The van der Waals surface area contributed by atoms with Crippen molar-refractivity contribution in [1.82, 2.24) is 5.16 Å². The van der Waals surface area contributed by atoms with Gasteiger partial charge in [-0.25, -0.2) is 0 Å². The van der Waals surface area contributed by atoms with Gasteiger partial charge in [-0.2, -0.15) is 0 Å². The Kier molecular flexibility index (Phi) is 3.58. The van der Waals surface area contributed by atoms with Crippen LogP contribution in [0.3, 0.4) is 0 Å². The third-order valence-electron chi connectivity index (χ3n) is 4.03. The second-order valence-electron chi connectivity index (χ2n) is 5.60. The van der Waals surface area contributed by atoms with Crippen molar-refractivity contribution in [3.05, 3.63) is 58.0 Å². The molecule has 1 amide bonds. The summed E-state index contributed by atoms with van der Waals surface area (Å²) >= 11 is 5.00. The Morgan fingerprint density at radius 2 is 2.13 bits per heavy atom. The number of hydrogen-bond donors (Lipinski definition) is 1. The lowest BCUT2D eigenvalue weighted by atomic mass is 10.0. The van der Waals surface area contributed by atoms with E-state index in [0.29, 0.717) is 5.69 Å². The Morgan fingerprint density at radius 1 is 1.26 bits per heavy atom. The van der Waals surface area contributed by atoms with Crippen LogP contribution in [0.1, 0.15) is 18.5 Å². The van der Waals surface area contributed by atoms with E-state index < -0.39 is 5.41 Å². The molecule has 1 aliphatic carbocycles. The van der Waals surface area contributed by atoms with E-state index in [4.69, 9.17) is 4.52 Å². The van der Waals surface area contributed by atoms with Crippen LogP contribution in [0.15, 0.2) is 56.8 Å². The van der Waals surface area contributed by atoms with Crippen molar-refractivity contribution >= 4 is 38.9 Å². The summed E-state index contributed by atoms with van der Waals surface area (Å²) in [4.78, 5) is 13.7. The largest absolute Gasteiger partial charge is 0.355 e. The summed E-state index contributed by atoms with van der Waals surface area (Å²) in [6, 6.07) is 13.4. The molecule has 0 bridgehead atoms. The molecule has 1 fully saturated rings. The summed E-state index contributed by atoms with van der Waals surface area (Å²) in [6.45, 7) is 0. The number of amides is 1. The van der Waals surface area contributed by atoms with Crippen molar-refractivity contribution in [2.75, 3.05) is 5.32 Å². The number of nitrogens with zero attached hydrogens (tertiary/aromatic N) is 1. The van der Waals surface area contributed by atoms with Crippen LogP contribution in [-0.4, -0.2) is 11.1 Å². The fraction of sp³-hybridized carbons (Fsp3) is 0.176. The third-order valence-corrected chi connectivity index (χ3v) is 5.41. The standard InChI is InChI=1S/C17H13BrN2O2S/c18-11-3-1-4-12(9-11)19-16(21)17(6-7-17)15-10-13(22-20-15)14-5-2-8-23-14/h1-5,8-10H,6-7H2,(H,19,21). The van der Waals surface area contributed by atoms with Crippen molar-refractivity contribution in [2.45, 2.75) is 18.3 Å². The second kappa shape index (κ2) is 5.62. The summed E-state index contributed by atoms with van der Waals surface area (Å²) in [7, 11) is 0. The van der Waals surface area contributed by atoms with Gasteiger partial charge < -0.3 is 9.84 Å². The summed E-state index contributed by atoms with van der Waals surface area (Å²) in [5.41, 5.74) is 0.937. The molecule has 2 aromatic heterocycles. The minimum Gasteiger partial charge on any atom is -0.355 e. The summed E-state index contributed by atoms with van der Waals surface area (Å²) in [5, 5.41) is 9.12. The van der Waals surface area contributed by atoms with Gasteiger partial charge in [0.05, 0.1) is 16.0 Å². The van der Waals surface area contributed by atoms with Gasteiger partial charge in [-0.3, -0.25) is 4.79 Å². The Morgan fingerprint density at radius 3 is 2.83 bits per heavy atom. The number of carbonyl (C=O) groups is 1. The van der Waals surface area contributed by atoms with E-state index in [1.165, 1.54) is 0 Å². The first-order chi connectivity index (χ1) is 11.2. The predicted molar refractivity (Wildman–Crippen MR) is 93.5 cm³/mol. The van der Waals surface area contributed by atoms with Crippen molar-refractivity contribution in [3.63, 3.8) is 0 Å². The number of anilines is 1. The predicted octanol–water partition coefficient (Wildman–Crippen LogP) is 4.84. The van der Waals surface area contributed by atoms with Crippen LogP contribution in [0, 0.1) is 0 Å². The molecule has 0 saturated heterocycles. The first-order valence-electron chi connectivity index (χ1n) is 7.25. The Labute approximate surface area is 145 Å². The zero-order chi connectivity index (χ0) is 15.9. The summed E-state index contributed by atoms with van der Waals surface area (Å²) in [5.74, 6) is 0.693. The van der Waals surface area contributed by atoms with Crippen molar-refractivity contribution < 1.29 is 9.32 Å². The Hall–Kier alpha value is -1.92. The van der Waals surface area contributed by atoms with E-state index >= 15 is 0 Å². The number of halogens is 1. The molecule has 1 aliphatic rings. The van der Waals surface area contributed by atoms with E-state index in [9.17, 15) is 4.79 Å². The van der Waals surface area contributed by atoms with Gasteiger partial charge in [0.15, 0.2) is 5.76 Å². The maximum absolute atomic E-state index is 12.7. The second-order valence-corrected chi connectivity index (χ2v) is 7.46. The summed E-state index contributed by atoms with van der Waals surface area (Å²) in [6.07, 6.45) is 1.59. The highest BCUT2D eigenvalue weighted by Crippen LogP contribution is 2.49. The maximum Gasteiger partial charge on any atom is 0.236 e. The molecule has 0 unspecified atom stereocenters. The number of hydrogen-bond acceptors (Lipinski definition) is 4. The number of nitrogens with one attached hydrogen (secondary N) is 1. The van der Waals surface area contributed by atoms with E-state index in [-0.39, 0.29) is 5.91 Å². The third kappa shape index (κ3) is 2.72. The maximum atomic E-state index is 12.7. The molecular formula is C17H13BrN2O2S. The van der Waals surface area contributed by atoms with Gasteiger partial charge >= 0.3 is 0 Å². The van der Waals surface area contributed by atoms with Crippen LogP contribution in [0.25, 0.3) is 10.6 Å². The van der Waals surface area contributed by atoms with Crippen LogP contribution >= 0.6 is 27.3 Å². The number of benzene rings is 1. The lowest BCUT2D eigenvalue weighted by Gasteiger charge is -2.12. The number of rotatable bonds is 4. The molecule has 4 nitrogen and oxygen atoms in total. The van der Waals surface area contributed by atoms with Crippen molar-refractivity contribution in [3.8, 4) is 10.6 Å². The topological polar surface area (TPSA) is 55.1 Å². The minimum atomic E-state index is -0.554. The molecule has 6 heteroatoms. The fourth-order valence-corrected chi connectivity index (χ4v) is 3.65. The van der Waals surface area contributed by atoms with Gasteiger partial charge in [0.25, 0.3) is 0 Å². The zero-order valence-corrected chi connectivity index (χ0v) is 14.5. The monoisotopic (exact) mass is 388 g/mol. The first-order valence-corrected chi connectivity index (χ1v) is 8.93. The fourth-order valence-electron chi connectivity index (χ4n) is 2.58. The molecule has 0 aliphatic heterocycles. The van der Waals surface area contributed by atoms with Gasteiger partial charge in [0, 0.05) is 16.2 Å². The van der Waals surface area contributed by atoms with E-state index in [0.717, 1.165) is 33.6 Å². The lowest BCUT2D eigenvalue weighted by molar-refractivity contribution is -0.118. The average molecular weight is 389 g/mol. The lowest BCUT2D eigenvalue weighted by Crippen LogP contribution is -2.28. The quantitative estimate of drug-likeness (QED) is 0.695. The highest BCUT2D eigenvalue weighted by Gasteiger charge is 2.53. The van der Waals surface area contributed by atoms with Gasteiger partial charge in [-0.05, 0) is 42.5 Å². The molecule has 2 heterocycles. The highest BCUT2D eigenvalue weighted by molar-refractivity contribution is 9.10. The normalized spacial score (nSPS) is 15.3. The first kappa shape index (κ1) is 14.7. The molecule has 0 atom stereocenters. The summed E-state index contributed by atoms with van der Waals surface area (Å²) < 4.78 is 6.36. The van der Waals surface area contributed by atoms with Gasteiger partial charge in [-0.1, -0.05) is 33.2 Å². The van der Waals surface area contributed by atoms with Crippen LogP contribution in [0.5, 0.6) is 0 Å². The van der Waals surface area contributed by atoms with Crippen LogP contribution in [-0.2, 0) is 10.2 Å². The molecule has 23 heavy (non-hydrogen) atoms. The van der Waals surface area contributed by atoms with Crippen LogP contribution < -0.4 is 5.32 Å². The smallest absolute Gasteiger partial charge is 0.236 e. The molecule has 116 valence electrons. The molecule has 3 aromatic rings. The van der Waals surface area contributed by atoms with Gasteiger partial charge in [0.1, 0.15) is 0 Å². The van der Waals surface area contributed by atoms with E-state index in [2.05, 4.69) is 26.4 Å². The van der Waals surface area contributed by atoms with Crippen LogP contribution in [0.2, 0.25) is 0 Å². The molecule has 1 aromatic carbocycles. The average Bonchev–Trinajstić information content (AvgIpc) is 2.98. The van der Waals surface area contributed by atoms with E-state index in [1.54, 1.807) is 11.3 Å². The molecule has 1 saturated carbocycles. The van der Waals surface area contributed by atoms with Crippen molar-refractivity contribution in [2.24, 2.45) is 0 Å². The molecular weight excluding hydrogens is 376 g/mol. The number of carbonyl (C=O) groups excluding carboxylic acids is 1.